The third kappa shape index (κ3) is 5.49. The molecule has 2 rings (SSSR count). The molecule has 0 spiro atoms. The molecule has 5 heteroatoms. The van der Waals surface area contributed by atoms with Crippen LogP contribution in [0, 0.1) is 0 Å². The fraction of sp³-hybridized carbons (Fsp3) is 1.00. The second-order valence-electron chi connectivity index (χ2n) is 7.35. The molecule has 0 aromatic rings. The molecule has 2 heterocycles. The predicted molar refractivity (Wildman–Crippen MR) is 87.8 cm³/mol. The number of nitrogens with zero attached hydrogens (tertiary/aromatic N) is 2. The van der Waals surface area contributed by atoms with Crippen molar-refractivity contribution in [1.29, 1.82) is 0 Å². The molecule has 2 fully saturated rings. The summed E-state index contributed by atoms with van der Waals surface area (Å²) in [6.07, 6.45) is 1.14. The number of rotatable bonds is 6. The Labute approximate surface area is 130 Å². The molecular formula is C16H34N4O. The van der Waals surface area contributed by atoms with Crippen LogP contribution in [0.1, 0.15) is 27.2 Å². The van der Waals surface area contributed by atoms with Crippen molar-refractivity contribution in [2.45, 2.75) is 44.8 Å². The summed E-state index contributed by atoms with van der Waals surface area (Å²) in [4.78, 5) is 5.03. The minimum atomic E-state index is 0.228. The highest BCUT2D eigenvalue weighted by Gasteiger charge is 2.29. The zero-order valence-electron chi connectivity index (χ0n) is 14.3. The van der Waals surface area contributed by atoms with Crippen LogP contribution in [0.2, 0.25) is 0 Å². The zero-order chi connectivity index (χ0) is 15.3. The molecule has 124 valence electrons. The van der Waals surface area contributed by atoms with Crippen molar-refractivity contribution in [2.24, 2.45) is 0 Å². The highest BCUT2D eigenvalue weighted by Crippen LogP contribution is 2.16. The Morgan fingerprint density at radius 2 is 2.00 bits per heavy atom. The molecule has 0 aromatic heterocycles. The molecule has 0 aromatic carbocycles. The Morgan fingerprint density at radius 1 is 1.29 bits per heavy atom. The van der Waals surface area contributed by atoms with Gasteiger partial charge in [-0.3, -0.25) is 4.90 Å². The Kier molecular flexibility index (Phi) is 6.44. The van der Waals surface area contributed by atoms with Crippen molar-refractivity contribution in [1.82, 2.24) is 20.4 Å². The van der Waals surface area contributed by atoms with Crippen LogP contribution in [0.4, 0.5) is 0 Å². The first-order valence-electron chi connectivity index (χ1n) is 8.45. The lowest BCUT2D eigenvalue weighted by Gasteiger charge is -2.44. The molecule has 2 saturated heterocycles. The lowest BCUT2D eigenvalue weighted by Crippen LogP contribution is -2.58. The van der Waals surface area contributed by atoms with Gasteiger partial charge in [0.2, 0.25) is 0 Å². The van der Waals surface area contributed by atoms with E-state index in [2.05, 4.69) is 48.3 Å². The molecule has 5 nitrogen and oxygen atoms in total. The highest BCUT2D eigenvalue weighted by molar-refractivity contribution is 4.88. The Hall–Kier alpha value is -0.200. The van der Waals surface area contributed by atoms with E-state index < -0.39 is 0 Å². The molecule has 2 N–H and O–H groups in total. The summed E-state index contributed by atoms with van der Waals surface area (Å²) in [5.41, 5.74) is 0.228. The van der Waals surface area contributed by atoms with Gasteiger partial charge in [-0.2, -0.15) is 0 Å². The molecule has 2 aliphatic rings. The van der Waals surface area contributed by atoms with Gasteiger partial charge >= 0.3 is 0 Å². The van der Waals surface area contributed by atoms with Crippen LogP contribution in [0.5, 0.6) is 0 Å². The standard InChI is InChI=1S/C16H34N4O/c1-14(11-15-12-21-10-5-17-15)18-13-16(2,3)20-8-6-19(4)7-9-20/h14-15,17-18H,5-13H2,1-4H3. The van der Waals surface area contributed by atoms with Crippen LogP contribution in [-0.4, -0.2) is 87.0 Å². The summed E-state index contributed by atoms with van der Waals surface area (Å²) in [7, 11) is 2.21. The van der Waals surface area contributed by atoms with Gasteiger partial charge in [-0.15, -0.1) is 0 Å². The Bertz CT molecular complexity index is 297. The van der Waals surface area contributed by atoms with Crippen molar-refractivity contribution in [3.8, 4) is 0 Å². The SMILES string of the molecule is CC(CC1COCCN1)NCC(C)(C)N1CCN(C)CC1. The quantitative estimate of drug-likeness (QED) is 0.741. The van der Waals surface area contributed by atoms with Gasteiger partial charge in [0.05, 0.1) is 13.2 Å². The summed E-state index contributed by atoms with van der Waals surface area (Å²) in [6, 6.07) is 1.03. The smallest absolute Gasteiger partial charge is 0.0620 e. The van der Waals surface area contributed by atoms with E-state index in [0.29, 0.717) is 12.1 Å². The molecule has 0 aliphatic carbocycles. The number of hydrogen-bond acceptors (Lipinski definition) is 5. The van der Waals surface area contributed by atoms with Crippen molar-refractivity contribution in [3.05, 3.63) is 0 Å². The third-order valence-electron chi connectivity index (χ3n) is 4.88. The van der Waals surface area contributed by atoms with E-state index >= 15 is 0 Å². The minimum absolute atomic E-state index is 0.228. The first-order valence-corrected chi connectivity index (χ1v) is 8.45. The van der Waals surface area contributed by atoms with Crippen LogP contribution in [0.25, 0.3) is 0 Å². The molecule has 2 aliphatic heterocycles. The van der Waals surface area contributed by atoms with Gasteiger partial charge in [-0.1, -0.05) is 0 Å². The van der Waals surface area contributed by atoms with E-state index in [-0.39, 0.29) is 5.54 Å². The number of piperazine rings is 1. The van der Waals surface area contributed by atoms with Gasteiger partial charge in [-0.05, 0) is 34.2 Å². The summed E-state index contributed by atoms with van der Waals surface area (Å²) >= 11 is 0. The van der Waals surface area contributed by atoms with Gasteiger partial charge in [0.15, 0.2) is 0 Å². The van der Waals surface area contributed by atoms with Gasteiger partial charge in [0, 0.05) is 56.9 Å². The topological polar surface area (TPSA) is 39.8 Å². The predicted octanol–water partition coefficient (Wildman–Crippen LogP) is 0.369. The van der Waals surface area contributed by atoms with Crippen molar-refractivity contribution in [2.75, 3.05) is 59.5 Å². The molecular weight excluding hydrogens is 264 g/mol. The number of morpholine rings is 1. The third-order valence-corrected chi connectivity index (χ3v) is 4.88. The fourth-order valence-corrected chi connectivity index (χ4v) is 3.23. The first-order chi connectivity index (χ1) is 9.97. The monoisotopic (exact) mass is 298 g/mol. The van der Waals surface area contributed by atoms with Gasteiger partial charge in [0.25, 0.3) is 0 Å². The second-order valence-corrected chi connectivity index (χ2v) is 7.35. The summed E-state index contributed by atoms with van der Waals surface area (Å²) in [6.45, 7) is 15.5. The van der Waals surface area contributed by atoms with Crippen molar-refractivity contribution >= 4 is 0 Å². The van der Waals surface area contributed by atoms with Crippen LogP contribution < -0.4 is 10.6 Å². The van der Waals surface area contributed by atoms with E-state index in [1.807, 2.05) is 0 Å². The molecule has 0 bridgehead atoms. The molecule has 2 atom stereocenters. The van der Waals surface area contributed by atoms with E-state index in [1.165, 1.54) is 26.2 Å². The molecule has 0 amide bonds. The normalized spacial score (nSPS) is 27.7. The average molecular weight is 298 g/mol. The van der Waals surface area contributed by atoms with Crippen molar-refractivity contribution < 1.29 is 4.74 Å². The van der Waals surface area contributed by atoms with Crippen LogP contribution in [0.15, 0.2) is 0 Å². The fourth-order valence-electron chi connectivity index (χ4n) is 3.23. The Balaban J connectivity index is 1.70. The first kappa shape index (κ1) is 17.2. The van der Waals surface area contributed by atoms with Gasteiger partial charge in [0.1, 0.15) is 0 Å². The molecule has 0 radical (unpaired) electrons. The maximum absolute atomic E-state index is 5.53. The van der Waals surface area contributed by atoms with Crippen LogP contribution >= 0.6 is 0 Å². The number of likely N-dealkylation sites (N-methyl/N-ethyl adjacent to an activating group) is 1. The lowest BCUT2D eigenvalue weighted by atomic mass is 10.00. The maximum Gasteiger partial charge on any atom is 0.0620 e. The highest BCUT2D eigenvalue weighted by atomic mass is 16.5. The van der Waals surface area contributed by atoms with Crippen LogP contribution in [0.3, 0.4) is 0 Å². The van der Waals surface area contributed by atoms with E-state index in [4.69, 9.17) is 4.74 Å². The van der Waals surface area contributed by atoms with Crippen LogP contribution in [-0.2, 0) is 4.74 Å². The van der Waals surface area contributed by atoms with E-state index in [9.17, 15) is 0 Å². The molecule has 0 saturated carbocycles. The maximum atomic E-state index is 5.53. The van der Waals surface area contributed by atoms with Gasteiger partial charge < -0.3 is 20.3 Å². The van der Waals surface area contributed by atoms with E-state index in [0.717, 1.165) is 32.7 Å². The zero-order valence-corrected chi connectivity index (χ0v) is 14.3. The minimum Gasteiger partial charge on any atom is -0.379 e. The largest absolute Gasteiger partial charge is 0.379 e. The lowest BCUT2D eigenvalue weighted by molar-refractivity contribution is 0.0562. The number of hydrogen-bond donors (Lipinski definition) is 2. The van der Waals surface area contributed by atoms with E-state index in [1.54, 1.807) is 0 Å². The number of ether oxygens (including phenoxy) is 1. The second kappa shape index (κ2) is 7.88. The number of nitrogens with one attached hydrogen (secondary N) is 2. The van der Waals surface area contributed by atoms with Crippen molar-refractivity contribution in [3.63, 3.8) is 0 Å². The summed E-state index contributed by atoms with van der Waals surface area (Å²) in [5, 5.41) is 7.26. The summed E-state index contributed by atoms with van der Waals surface area (Å²) in [5.74, 6) is 0. The molecule has 2 unspecified atom stereocenters. The Morgan fingerprint density at radius 3 is 2.62 bits per heavy atom. The molecule has 21 heavy (non-hydrogen) atoms. The van der Waals surface area contributed by atoms with Gasteiger partial charge in [-0.25, -0.2) is 0 Å². The summed E-state index contributed by atoms with van der Waals surface area (Å²) < 4.78 is 5.53. The average Bonchev–Trinajstić information content (AvgIpc) is 2.47.